The highest BCUT2D eigenvalue weighted by Gasteiger charge is 2.19. The van der Waals surface area contributed by atoms with Crippen LogP contribution in [-0.2, 0) is 24.2 Å². The highest BCUT2D eigenvalue weighted by atomic mass is 16.1. The van der Waals surface area contributed by atoms with Gasteiger partial charge in [0.15, 0.2) is 0 Å². The second-order valence-electron chi connectivity index (χ2n) is 6.71. The Bertz CT molecular complexity index is 972. The first kappa shape index (κ1) is 19.4. The van der Waals surface area contributed by atoms with Crippen molar-refractivity contribution in [2.75, 3.05) is 0 Å². The Morgan fingerprint density at radius 3 is 2.36 bits per heavy atom. The minimum Gasteiger partial charge on any atom is -0.347 e. The first-order chi connectivity index (χ1) is 13.6. The molecule has 0 unspecified atom stereocenters. The molecule has 0 aliphatic carbocycles. The smallest absolute Gasteiger partial charge is 0.246 e. The van der Waals surface area contributed by atoms with Gasteiger partial charge in [-0.15, -0.1) is 6.58 Å². The van der Waals surface area contributed by atoms with E-state index in [2.05, 4.69) is 35.2 Å². The highest BCUT2D eigenvalue weighted by molar-refractivity contribution is 5.92. The molecule has 1 amide bonds. The zero-order chi connectivity index (χ0) is 19.9. The van der Waals surface area contributed by atoms with E-state index in [4.69, 9.17) is 4.98 Å². The maximum atomic E-state index is 12.1. The Labute approximate surface area is 166 Å². The molecular weight excluding hydrogens is 346 g/mol. The zero-order valence-corrected chi connectivity index (χ0v) is 16.2. The third-order valence-electron chi connectivity index (χ3n) is 4.48. The van der Waals surface area contributed by atoms with Crippen molar-refractivity contribution in [2.24, 2.45) is 0 Å². The molecule has 2 aromatic carbocycles. The maximum absolute atomic E-state index is 12.1. The quantitative estimate of drug-likeness (QED) is 0.472. The molecule has 4 heteroatoms. The van der Waals surface area contributed by atoms with Crippen molar-refractivity contribution in [2.45, 2.75) is 26.3 Å². The van der Waals surface area contributed by atoms with E-state index >= 15 is 0 Å². The summed E-state index contributed by atoms with van der Waals surface area (Å²) in [5.41, 5.74) is 4.61. The number of hydrogen-bond acceptors (Lipinski definition) is 2. The molecule has 3 aromatic rings. The zero-order valence-electron chi connectivity index (χ0n) is 16.2. The lowest BCUT2D eigenvalue weighted by Gasteiger charge is -2.13. The lowest BCUT2D eigenvalue weighted by Crippen LogP contribution is -2.25. The Kier molecular flexibility index (Phi) is 6.22. The maximum Gasteiger partial charge on any atom is 0.246 e. The second-order valence-corrected chi connectivity index (χ2v) is 6.71. The average molecular weight is 371 g/mol. The van der Waals surface area contributed by atoms with Crippen molar-refractivity contribution in [1.29, 1.82) is 0 Å². The molecule has 0 aliphatic rings. The van der Waals surface area contributed by atoms with Crippen LogP contribution in [0.15, 0.2) is 85.5 Å². The molecular formula is C24H25N3O. The fraction of sp³-hybridized carbons (Fsp3) is 0.167. The van der Waals surface area contributed by atoms with E-state index in [1.807, 2.05) is 54.6 Å². The molecule has 0 saturated heterocycles. The number of nitrogens with zero attached hydrogens (tertiary/aromatic N) is 2. The van der Waals surface area contributed by atoms with Gasteiger partial charge in [0, 0.05) is 24.1 Å². The minimum absolute atomic E-state index is 0.156. The van der Waals surface area contributed by atoms with E-state index < -0.39 is 0 Å². The molecule has 142 valence electrons. The number of para-hydroxylation sites is 1. The topological polar surface area (TPSA) is 46.9 Å². The average Bonchev–Trinajstić information content (AvgIpc) is 3.04. The molecule has 0 fully saturated rings. The van der Waals surface area contributed by atoms with E-state index in [-0.39, 0.29) is 5.91 Å². The summed E-state index contributed by atoms with van der Waals surface area (Å²) >= 11 is 0. The molecule has 1 aromatic heterocycles. The molecule has 0 saturated carbocycles. The molecule has 0 aliphatic heterocycles. The van der Waals surface area contributed by atoms with E-state index in [1.165, 1.54) is 5.56 Å². The minimum atomic E-state index is -0.156. The number of hydrogen-bond donors (Lipinski definition) is 1. The molecule has 1 heterocycles. The van der Waals surface area contributed by atoms with Crippen molar-refractivity contribution in [3.05, 3.63) is 108 Å². The normalized spacial score (nSPS) is 10.5. The van der Waals surface area contributed by atoms with Crippen molar-refractivity contribution < 1.29 is 4.79 Å². The van der Waals surface area contributed by atoms with Crippen LogP contribution in [-0.4, -0.2) is 15.5 Å². The van der Waals surface area contributed by atoms with Crippen LogP contribution in [0.4, 0.5) is 0 Å². The van der Waals surface area contributed by atoms with Gasteiger partial charge in [0.2, 0.25) is 5.91 Å². The molecule has 0 bridgehead atoms. The van der Waals surface area contributed by atoms with E-state index in [0.717, 1.165) is 22.9 Å². The van der Waals surface area contributed by atoms with Crippen LogP contribution in [0.1, 0.15) is 29.7 Å². The molecule has 0 radical (unpaired) electrons. The molecule has 1 N–H and O–H groups in total. The summed E-state index contributed by atoms with van der Waals surface area (Å²) in [6, 6.07) is 20.3. The SMILES string of the molecule is C=CCc1nc(Cc2ccccc2)c(CNC(=O)C(=C)C)n1-c1ccccc1. The van der Waals surface area contributed by atoms with Crippen LogP contribution in [0.3, 0.4) is 0 Å². The molecule has 0 atom stereocenters. The Hall–Kier alpha value is -3.40. The summed E-state index contributed by atoms with van der Waals surface area (Å²) in [6.45, 7) is 9.69. The van der Waals surface area contributed by atoms with Crippen LogP contribution in [0.2, 0.25) is 0 Å². The molecule has 4 nitrogen and oxygen atoms in total. The summed E-state index contributed by atoms with van der Waals surface area (Å²) < 4.78 is 2.12. The molecule has 0 spiro atoms. The van der Waals surface area contributed by atoms with Crippen LogP contribution in [0.5, 0.6) is 0 Å². The monoisotopic (exact) mass is 371 g/mol. The van der Waals surface area contributed by atoms with E-state index in [9.17, 15) is 4.79 Å². The number of rotatable bonds is 8. The number of aromatic nitrogens is 2. The lowest BCUT2D eigenvalue weighted by molar-refractivity contribution is -0.117. The van der Waals surface area contributed by atoms with Crippen LogP contribution >= 0.6 is 0 Å². The first-order valence-electron chi connectivity index (χ1n) is 9.33. The first-order valence-corrected chi connectivity index (χ1v) is 9.33. The number of carbonyl (C=O) groups excluding carboxylic acids is 1. The Morgan fingerprint density at radius 2 is 1.75 bits per heavy atom. The van der Waals surface area contributed by atoms with Gasteiger partial charge < -0.3 is 5.32 Å². The highest BCUT2D eigenvalue weighted by Crippen LogP contribution is 2.22. The van der Waals surface area contributed by atoms with Gasteiger partial charge in [-0.3, -0.25) is 9.36 Å². The lowest BCUT2D eigenvalue weighted by atomic mass is 10.1. The largest absolute Gasteiger partial charge is 0.347 e. The molecule has 28 heavy (non-hydrogen) atoms. The second kappa shape index (κ2) is 9.00. The predicted molar refractivity (Wildman–Crippen MR) is 113 cm³/mol. The number of imidazole rings is 1. The Balaban J connectivity index is 2.07. The van der Waals surface area contributed by atoms with Gasteiger partial charge in [-0.25, -0.2) is 4.98 Å². The molecule has 3 rings (SSSR count). The van der Waals surface area contributed by atoms with Crippen molar-refractivity contribution in [3.8, 4) is 5.69 Å². The van der Waals surface area contributed by atoms with E-state index in [0.29, 0.717) is 25.0 Å². The third kappa shape index (κ3) is 4.46. The fourth-order valence-corrected chi connectivity index (χ4v) is 3.13. The third-order valence-corrected chi connectivity index (χ3v) is 4.48. The summed E-state index contributed by atoms with van der Waals surface area (Å²) in [5.74, 6) is 0.753. The van der Waals surface area contributed by atoms with Gasteiger partial charge in [-0.05, 0) is 24.6 Å². The van der Waals surface area contributed by atoms with Crippen LogP contribution in [0, 0.1) is 0 Å². The standard InChI is InChI=1S/C24H25N3O/c1-4-11-23-26-21(16-19-12-7-5-8-13-19)22(17-25-24(28)18(2)3)27(23)20-14-9-6-10-15-20/h4-10,12-15H,1-2,11,16-17H2,3H3,(H,25,28). The Morgan fingerprint density at radius 1 is 1.11 bits per heavy atom. The van der Waals surface area contributed by atoms with E-state index in [1.54, 1.807) is 6.92 Å². The number of nitrogens with one attached hydrogen (secondary N) is 1. The van der Waals surface area contributed by atoms with Gasteiger partial charge in [-0.2, -0.15) is 0 Å². The van der Waals surface area contributed by atoms with Gasteiger partial charge in [0.25, 0.3) is 0 Å². The van der Waals surface area contributed by atoms with Crippen LogP contribution in [0.25, 0.3) is 5.69 Å². The van der Waals surface area contributed by atoms with Gasteiger partial charge in [0.1, 0.15) is 5.82 Å². The van der Waals surface area contributed by atoms with Crippen LogP contribution < -0.4 is 5.32 Å². The fourth-order valence-electron chi connectivity index (χ4n) is 3.13. The van der Waals surface area contributed by atoms with Gasteiger partial charge >= 0.3 is 0 Å². The van der Waals surface area contributed by atoms with Crippen molar-refractivity contribution >= 4 is 5.91 Å². The number of benzene rings is 2. The number of carbonyl (C=O) groups is 1. The predicted octanol–water partition coefficient (Wildman–Crippen LogP) is 4.38. The summed E-state index contributed by atoms with van der Waals surface area (Å²) in [6.07, 6.45) is 3.19. The van der Waals surface area contributed by atoms with Crippen molar-refractivity contribution in [1.82, 2.24) is 14.9 Å². The van der Waals surface area contributed by atoms with Gasteiger partial charge in [-0.1, -0.05) is 61.2 Å². The summed E-state index contributed by atoms with van der Waals surface area (Å²) in [5, 5.41) is 2.97. The number of allylic oxidation sites excluding steroid dienone is 1. The summed E-state index contributed by atoms with van der Waals surface area (Å²) in [4.78, 5) is 17.0. The summed E-state index contributed by atoms with van der Waals surface area (Å²) in [7, 11) is 0. The van der Waals surface area contributed by atoms with Gasteiger partial charge in [0.05, 0.1) is 17.9 Å². The van der Waals surface area contributed by atoms with Crippen molar-refractivity contribution in [3.63, 3.8) is 0 Å². The number of amides is 1.